The summed E-state index contributed by atoms with van der Waals surface area (Å²) in [7, 11) is 3.89. The molecule has 0 radical (unpaired) electrons. The molecule has 2 aromatic carbocycles. The van der Waals surface area contributed by atoms with Gasteiger partial charge in [0.1, 0.15) is 0 Å². The molecule has 0 unspecified atom stereocenters. The molecule has 7 nitrogen and oxygen atoms in total. The van der Waals surface area contributed by atoms with Gasteiger partial charge in [0.05, 0.1) is 24.9 Å². The number of ether oxygens (including phenoxy) is 1. The lowest BCUT2D eigenvalue weighted by Gasteiger charge is -2.32. The van der Waals surface area contributed by atoms with Crippen molar-refractivity contribution in [2.45, 2.75) is 25.8 Å². The molecule has 3 aromatic rings. The van der Waals surface area contributed by atoms with E-state index in [0.717, 1.165) is 79.3 Å². The monoisotopic (exact) mass is 471 g/mol. The average molecular weight is 472 g/mol. The van der Waals surface area contributed by atoms with Gasteiger partial charge in [0.2, 0.25) is 5.95 Å². The zero-order chi connectivity index (χ0) is 24.4. The molecule has 35 heavy (non-hydrogen) atoms. The quantitative estimate of drug-likeness (QED) is 0.552. The Morgan fingerprint density at radius 3 is 2.54 bits per heavy atom. The molecule has 1 atom stereocenters. The first-order chi connectivity index (χ1) is 17.0. The molecule has 2 saturated heterocycles. The number of carbonyl (C=O) groups excluding carboxylic acids is 1. The van der Waals surface area contributed by atoms with Crippen molar-refractivity contribution in [2.75, 3.05) is 56.7 Å². The van der Waals surface area contributed by atoms with Gasteiger partial charge >= 0.3 is 0 Å². The molecule has 0 bridgehead atoms. The van der Waals surface area contributed by atoms with Crippen LogP contribution < -0.4 is 9.80 Å². The number of morpholine rings is 1. The van der Waals surface area contributed by atoms with E-state index in [9.17, 15) is 4.79 Å². The maximum Gasteiger partial charge on any atom is 0.254 e. The highest BCUT2D eigenvalue weighted by Gasteiger charge is 2.34. The van der Waals surface area contributed by atoms with E-state index in [4.69, 9.17) is 9.72 Å². The molecule has 0 aliphatic carbocycles. The summed E-state index contributed by atoms with van der Waals surface area (Å²) >= 11 is 0. The number of likely N-dealkylation sites (tertiary alicyclic amines) is 1. The maximum atomic E-state index is 14.0. The van der Waals surface area contributed by atoms with Gasteiger partial charge in [0.15, 0.2) is 0 Å². The Hall–Kier alpha value is -3.45. The van der Waals surface area contributed by atoms with Crippen molar-refractivity contribution in [3.05, 3.63) is 71.5 Å². The van der Waals surface area contributed by atoms with Crippen molar-refractivity contribution >= 4 is 17.5 Å². The van der Waals surface area contributed by atoms with Crippen molar-refractivity contribution in [1.82, 2.24) is 14.9 Å². The summed E-state index contributed by atoms with van der Waals surface area (Å²) in [5.74, 6) is 0.730. The summed E-state index contributed by atoms with van der Waals surface area (Å²) in [6.07, 6.45) is 3.74. The van der Waals surface area contributed by atoms with Gasteiger partial charge in [-0.3, -0.25) is 4.79 Å². The van der Waals surface area contributed by atoms with E-state index in [1.807, 2.05) is 60.4 Å². The molecule has 5 rings (SSSR count). The smallest absolute Gasteiger partial charge is 0.254 e. The second-order valence-corrected chi connectivity index (χ2v) is 9.44. The molecular formula is C28H33N5O2. The fraction of sp³-hybridized carbons (Fsp3) is 0.393. The number of amides is 1. The van der Waals surface area contributed by atoms with Crippen LogP contribution in [-0.2, 0) is 4.74 Å². The Kier molecular flexibility index (Phi) is 6.68. The first-order valence-corrected chi connectivity index (χ1v) is 12.4. The molecule has 0 saturated carbocycles. The summed E-state index contributed by atoms with van der Waals surface area (Å²) in [5.41, 5.74) is 5.89. The predicted octanol–water partition coefficient (Wildman–Crippen LogP) is 4.33. The van der Waals surface area contributed by atoms with Crippen molar-refractivity contribution < 1.29 is 9.53 Å². The molecule has 0 N–H and O–H groups in total. The standard InChI is InChI=1S/C28H33N5O2/c1-20-22(11-7-12-24(20)32-15-17-35-18-16-32)27(34)33-14-8-13-25(33)26-23(21-9-5-4-6-10-21)19-29-28(30-26)31(2)3/h4-7,9-12,19,25H,8,13-18H2,1-3H3/t25-/m1/s1. The fourth-order valence-corrected chi connectivity index (χ4v) is 5.15. The zero-order valence-electron chi connectivity index (χ0n) is 20.8. The van der Waals surface area contributed by atoms with Gasteiger partial charge < -0.3 is 19.4 Å². The van der Waals surface area contributed by atoms with Crippen molar-refractivity contribution in [3.8, 4) is 11.1 Å². The normalized spacial score (nSPS) is 18.1. The van der Waals surface area contributed by atoms with E-state index in [0.29, 0.717) is 5.95 Å². The third-order valence-electron chi connectivity index (χ3n) is 7.01. The molecule has 2 aliphatic rings. The Balaban J connectivity index is 1.52. The van der Waals surface area contributed by atoms with Crippen LogP contribution in [0.2, 0.25) is 0 Å². The summed E-state index contributed by atoms with van der Waals surface area (Å²) in [6, 6.07) is 16.2. The number of hydrogen-bond donors (Lipinski definition) is 0. The Bertz CT molecular complexity index is 1190. The van der Waals surface area contributed by atoms with Crippen LogP contribution in [0.5, 0.6) is 0 Å². The molecule has 2 fully saturated rings. The minimum atomic E-state index is -0.0918. The highest BCUT2D eigenvalue weighted by atomic mass is 16.5. The highest BCUT2D eigenvalue weighted by molar-refractivity contribution is 5.97. The zero-order valence-corrected chi connectivity index (χ0v) is 20.8. The van der Waals surface area contributed by atoms with Crippen LogP contribution in [0.4, 0.5) is 11.6 Å². The van der Waals surface area contributed by atoms with Crippen molar-refractivity contribution in [1.29, 1.82) is 0 Å². The number of rotatable bonds is 5. The van der Waals surface area contributed by atoms with E-state index < -0.39 is 0 Å². The molecule has 2 aliphatic heterocycles. The number of benzene rings is 2. The molecule has 0 spiro atoms. The highest BCUT2D eigenvalue weighted by Crippen LogP contribution is 2.38. The first-order valence-electron chi connectivity index (χ1n) is 12.4. The second-order valence-electron chi connectivity index (χ2n) is 9.44. The minimum absolute atomic E-state index is 0.0733. The molecular weight excluding hydrogens is 438 g/mol. The topological polar surface area (TPSA) is 61.8 Å². The summed E-state index contributed by atoms with van der Waals surface area (Å²) in [4.78, 5) is 29.8. The third kappa shape index (κ3) is 4.60. The Morgan fingerprint density at radius 2 is 1.80 bits per heavy atom. The number of anilines is 2. The van der Waals surface area contributed by atoms with E-state index in [-0.39, 0.29) is 11.9 Å². The number of hydrogen-bond acceptors (Lipinski definition) is 6. The van der Waals surface area contributed by atoms with Crippen LogP contribution in [0.1, 0.15) is 40.5 Å². The van der Waals surface area contributed by atoms with Crippen molar-refractivity contribution in [3.63, 3.8) is 0 Å². The Labute approximate surface area is 207 Å². The lowest BCUT2D eigenvalue weighted by Crippen LogP contribution is -2.37. The van der Waals surface area contributed by atoms with Gasteiger partial charge in [-0.1, -0.05) is 36.4 Å². The van der Waals surface area contributed by atoms with Crippen LogP contribution >= 0.6 is 0 Å². The molecule has 1 aromatic heterocycles. The molecule has 1 amide bonds. The van der Waals surface area contributed by atoms with Gasteiger partial charge in [0, 0.05) is 56.7 Å². The van der Waals surface area contributed by atoms with Crippen molar-refractivity contribution in [2.24, 2.45) is 0 Å². The largest absolute Gasteiger partial charge is 0.378 e. The average Bonchev–Trinajstić information content (AvgIpc) is 3.39. The molecule has 3 heterocycles. The number of aromatic nitrogens is 2. The summed E-state index contributed by atoms with van der Waals surface area (Å²) in [5, 5.41) is 0. The van der Waals surface area contributed by atoms with E-state index in [1.54, 1.807) is 0 Å². The number of carbonyl (C=O) groups is 1. The van der Waals surface area contributed by atoms with Crippen LogP contribution in [0.15, 0.2) is 54.7 Å². The Morgan fingerprint density at radius 1 is 1.03 bits per heavy atom. The van der Waals surface area contributed by atoms with Gasteiger partial charge in [-0.2, -0.15) is 0 Å². The number of nitrogens with zero attached hydrogens (tertiary/aromatic N) is 5. The second kappa shape index (κ2) is 10.0. The van der Waals surface area contributed by atoms with E-state index >= 15 is 0 Å². The molecule has 7 heteroatoms. The van der Waals surface area contributed by atoms with Gasteiger partial charge in [-0.05, 0) is 43.0 Å². The van der Waals surface area contributed by atoms with Gasteiger partial charge in [0.25, 0.3) is 5.91 Å². The summed E-state index contributed by atoms with van der Waals surface area (Å²) < 4.78 is 5.52. The van der Waals surface area contributed by atoms with Crippen LogP contribution in [0, 0.1) is 6.92 Å². The van der Waals surface area contributed by atoms with Gasteiger partial charge in [-0.15, -0.1) is 0 Å². The third-order valence-corrected chi connectivity index (χ3v) is 7.01. The van der Waals surface area contributed by atoms with E-state index in [1.165, 1.54) is 0 Å². The van der Waals surface area contributed by atoms with Crippen LogP contribution in [0.25, 0.3) is 11.1 Å². The van der Waals surface area contributed by atoms with E-state index in [2.05, 4.69) is 35.0 Å². The lowest BCUT2D eigenvalue weighted by molar-refractivity contribution is 0.0732. The fourth-order valence-electron chi connectivity index (χ4n) is 5.15. The summed E-state index contributed by atoms with van der Waals surface area (Å²) in [6.45, 7) is 5.92. The van der Waals surface area contributed by atoms with Crippen LogP contribution in [-0.4, -0.2) is 67.7 Å². The van der Waals surface area contributed by atoms with Gasteiger partial charge in [-0.25, -0.2) is 9.97 Å². The minimum Gasteiger partial charge on any atom is -0.378 e. The maximum absolute atomic E-state index is 14.0. The predicted molar refractivity (Wildman–Crippen MR) is 139 cm³/mol. The lowest BCUT2D eigenvalue weighted by atomic mass is 9.99. The molecule has 182 valence electrons. The SMILES string of the molecule is Cc1c(C(=O)N2CCC[C@@H]2c2nc(N(C)C)ncc2-c2ccccc2)cccc1N1CCOCC1. The van der Waals surface area contributed by atoms with Crippen LogP contribution in [0.3, 0.4) is 0 Å². The first kappa shape index (κ1) is 23.3.